The lowest BCUT2D eigenvalue weighted by atomic mass is 9.93. The number of rotatable bonds is 3. The largest absolute Gasteiger partial charge is 0.508 e. The number of hydrogen-bond donors (Lipinski definition) is 3. The molecule has 1 atom stereocenters. The van der Waals surface area contributed by atoms with Crippen LogP contribution in [-0.4, -0.2) is 18.2 Å². The number of carbonyl (C=O) groups excluding carboxylic acids is 1. The number of carbonyl (C=O) groups is 1. The van der Waals surface area contributed by atoms with E-state index in [1.54, 1.807) is 13.1 Å². The van der Waals surface area contributed by atoms with Crippen LogP contribution in [0.1, 0.15) is 17.2 Å². The van der Waals surface area contributed by atoms with E-state index in [0.717, 1.165) is 16.3 Å². The second-order valence-corrected chi connectivity index (χ2v) is 5.29. The highest BCUT2D eigenvalue weighted by Crippen LogP contribution is 2.35. The van der Waals surface area contributed by atoms with Gasteiger partial charge in [-0.15, -0.1) is 0 Å². The highest BCUT2D eigenvalue weighted by Gasteiger charge is 2.21. The predicted molar refractivity (Wildman–Crippen MR) is 91.5 cm³/mol. The van der Waals surface area contributed by atoms with Crippen molar-refractivity contribution in [3.05, 3.63) is 77.9 Å². The summed E-state index contributed by atoms with van der Waals surface area (Å²) in [4.78, 5) is 11.9. The topological polar surface area (TPSA) is 61.4 Å². The summed E-state index contributed by atoms with van der Waals surface area (Å²) in [5.41, 5.74) is 1.60. The average molecular weight is 306 g/mol. The van der Waals surface area contributed by atoms with Crippen LogP contribution >= 0.6 is 0 Å². The summed E-state index contributed by atoms with van der Waals surface area (Å²) in [6.45, 7) is 0. The fourth-order valence-corrected chi connectivity index (χ4v) is 2.76. The van der Waals surface area contributed by atoms with E-state index in [4.69, 9.17) is 0 Å². The van der Waals surface area contributed by atoms with Crippen molar-refractivity contribution in [1.82, 2.24) is 10.6 Å². The molecule has 0 radical (unpaired) electrons. The second kappa shape index (κ2) is 6.40. The third-order valence-corrected chi connectivity index (χ3v) is 3.87. The smallest absolute Gasteiger partial charge is 0.315 e. The number of fused-ring (bicyclic) bond motifs is 1. The Balaban J connectivity index is 2.21. The molecule has 0 aliphatic rings. The van der Waals surface area contributed by atoms with Gasteiger partial charge in [0.05, 0.1) is 6.04 Å². The Morgan fingerprint density at radius 2 is 1.65 bits per heavy atom. The molecular weight excluding hydrogens is 288 g/mol. The SMILES string of the molecule is CNC(=O)N[C@@H](c1ccccc1)c1c(O)ccc2ccccc12. The van der Waals surface area contributed by atoms with Crippen LogP contribution in [0.5, 0.6) is 5.75 Å². The maximum Gasteiger partial charge on any atom is 0.315 e. The number of phenolic OH excluding ortho intramolecular Hbond substituents is 1. The van der Waals surface area contributed by atoms with Crippen LogP contribution < -0.4 is 10.6 Å². The molecule has 4 heteroatoms. The first-order valence-corrected chi connectivity index (χ1v) is 7.44. The van der Waals surface area contributed by atoms with E-state index in [0.29, 0.717) is 5.56 Å². The van der Waals surface area contributed by atoms with Crippen LogP contribution in [0.15, 0.2) is 66.7 Å². The number of urea groups is 1. The summed E-state index contributed by atoms with van der Waals surface area (Å²) in [6.07, 6.45) is 0. The molecule has 0 aliphatic heterocycles. The maximum absolute atomic E-state index is 11.9. The monoisotopic (exact) mass is 306 g/mol. The van der Waals surface area contributed by atoms with Gasteiger partial charge in [0.1, 0.15) is 5.75 Å². The van der Waals surface area contributed by atoms with Crippen molar-refractivity contribution in [2.45, 2.75) is 6.04 Å². The van der Waals surface area contributed by atoms with Gasteiger partial charge in [-0.2, -0.15) is 0 Å². The minimum Gasteiger partial charge on any atom is -0.508 e. The van der Waals surface area contributed by atoms with Crippen molar-refractivity contribution >= 4 is 16.8 Å². The minimum absolute atomic E-state index is 0.161. The van der Waals surface area contributed by atoms with E-state index < -0.39 is 6.04 Å². The lowest BCUT2D eigenvalue weighted by molar-refractivity contribution is 0.240. The Morgan fingerprint density at radius 3 is 2.39 bits per heavy atom. The zero-order valence-electron chi connectivity index (χ0n) is 12.8. The van der Waals surface area contributed by atoms with Crippen LogP contribution in [0.25, 0.3) is 10.8 Å². The summed E-state index contributed by atoms with van der Waals surface area (Å²) in [7, 11) is 1.57. The van der Waals surface area contributed by atoms with E-state index in [2.05, 4.69) is 10.6 Å². The molecule has 3 N–H and O–H groups in total. The number of benzene rings is 3. The fourth-order valence-electron chi connectivity index (χ4n) is 2.76. The van der Waals surface area contributed by atoms with Gasteiger partial charge < -0.3 is 15.7 Å². The molecule has 3 rings (SSSR count). The first-order chi connectivity index (χ1) is 11.2. The van der Waals surface area contributed by atoms with E-state index in [-0.39, 0.29) is 11.8 Å². The third kappa shape index (κ3) is 2.97. The van der Waals surface area contributed by atoms with E-state index in [1.807, 2.05) is 60.7 Å². The zero-order valence-corrected chi connectivity index (χ0v) is 12.8. The van der Waals surface area contributed by atoms with Crippen LogP contribution in [0.2, 0.25) is 0 Å². The Hall–Kier alpha value is -3.01. The molecule has 0 aliphatic carbocycles. The number of amides is 2. The van der Waals surface area contributed by atoms with Crippen molar-refractivity contribution in [2.75, 3.05) is 7.05 Å². The molecular formula is C19H18N2O2. The molecule has 116 valence electrons. The first-order valence-electron chi connectivity index (χ1n) is 7.44. The second-order valence-electron chi connectivity index (χ2n) is 5.29. The summed E-state index contributed by atoms with van der Waals surface area (Å²) >= 11 is 0. The van der Waals surface area contributed by atoms with Crippen LogP contribution in [0.3, 0.4) is 0 Å². The van der Waals surface area contributed by atoms with Gasteiger partial charge in [0, 0.05) is 12.6 Å². The standard InChI is InChI=1S/C19H18N2O2/c1-20-19(23)21-18(14-8-3-2-4-9-14)17-15-10-6-5-7-13(15)11-12-16(17)22/h2-12,18,22H,1H3,(H2,20,21,23)/t18-/m0/s1. The maximum atomic E-state index is 11.9. The van der Waals surface area contributed by atoms with Crippen molar-refractivity contribution in [2.24, 2.45) is 0 Å². The summed E-state index contributed by atoms with van der Waals surface area (Å²) in [5, 5.41) is 17.9. The first kappa shape index (κ1) is 14.9. The van der Waals surface area contributed by atoms with Crippen LogP contribution in [0.4, 0.5) is 4.79 Å². The molecule has 2 amide bonds. The van der Waals surface area contributed by atoms with Crippen molar-refractivity contribution < 1.29 is 9.90 Å². The number of phenols is 1. The number of nitrogens with one attached hydrogen (secondary N) is 2. The minimum atomic E-state index is -0.442. The normalized spacial score (nSPS) is 11.9. The Bertz CT molecular complexity index is 831. The number of aromatic hydroxyl groups is 1. The molecule has 0 heterocycles. The molecule has 4 nitrogen and oxygen atoms in total. The highest BCUT2D eigenvalue weighted by molar-refractivity contribution is 5.89. The van der Waals surface area contributed by atoms with Gasteiger partial charge in [-0.1, -0.05) is 60.7 Å². The molecule has 0 unspecified atom stereocenters. The summed E-state index contributed by atoms with van der Waals surface area (Å²) in [6, 6.07) is 20.2. The predicted octanol–water partition coefficient (Wildman–Crippen LogP) is 3.56. The van der Waals surface area contributed by atoms with Gasteiger partial charge in [0.2, 0.25) is 0 Å². The fraction of sp³-hybridized carbons (Fsp3) is 0.105. The van der Waals surface area contributed by atoms with Gasteiger partial charge in [0.15, 0.2) is 0 Å². The summed E-state index contributed by atoms with van der Waals surface area (Å²) in [5.74, 6) is 0.161. The van der Waals surface area contributed by atoms with E-state index in [1.165, 1.54) is 0 Å². The highest BCUT2D eigenvalue weighted by atomic mass is 16.3. The van der Waals surface area contributed by atoms with Gasteiger partial charge in [-0.05, 0) is 22.4 Å². The van der Waals surface area contributed by atoms with Crippen molar-refractivity contribution in [1.29, 1.82) is 0 Å². The van der Waals surface area contributed by atoms with Crippen molar-refractivity contribution in [3.8, 4) is 5.75 Å². The molecule has 3 aromatic carbocycles. The lowest BCUT2D eigenvalue weighted by Gasteiger charge is -2.22. The number of hydrogen-bond acceptors (Lipinski definition) is 2. The quantitative estimate of drug-likeness (QED) is 0.693. The zero-order chi connectivity index (χ0) is 16.2. The average Bonchev–Trinajstić information content (AvgIpc) is 2.60. The Labute approximate surface area is 134 Å². The van der Waals surface area contributed by atoms with E-state index >= 15 is 0 Å². The van der Waals surface area contributed by atoms with Crippen molar-refractivity contribution in [3.63, 3.8) is 0 Å². The third-order valence-electron chi connectivity index (χ3n) is 3.87. The van der Waals surface area contributed by atoms with Gasteiger partial charge in [0.25, 0.3) is 0 Å². The molecule has 0 bridgehead atoms. The van der Waals surface area contributed by atoms with E-state index in [9.17, 15) is 9.90 Å². The lowest BCUT2D eigenvalue weighted by Crippen LogP contribution is -2.36. The summed E-state index contributed by atoms with van der Waals surface area (Å²) < 4.78 is 0. The molecule has 0 spiro atoms. The molecule has 0 fully saturated rings. The molecule has 23 heavy (non-hydrogen) atoms. The Morgan fingerprint density at radius 1 is 0.957 bits per heavy atom. The van der Waals surface area contributed by atoms with Gasteiger partial charge in [-0.25, -0.2) is 4.79 Å². The molecule has 0 saturated carbocycles. The molecule has 3 aromatic rings. The van der Waals surface area contributed by atoms with Crippen LogP contribution in [-0.2, 0) is 0 Å². The molecule has 0 saturated heterocycles. The van der Waals surface area contributed by atoms with Gasteiger partial charge in [-0.3, -0.25) is 0 Å². The Kier molecular flexibility index (Phi) is 4.15. The molecule has 0 aromatic heterocycles. The van der Waals surface area contributed by atoms with Crippen LogP contribution in [0, 0.1) is 0 Å². The van der Waals surface area contributed by atoms with Gasteiger partial charge >= 0.3 is 6.03 Å².